The van der Waals surface area contributed by atoms with Crippen molar-refractivity contribution in [2.45, 2.75) is 18.9 Å². The molecular formula is C20H21N3O3. The van der Waals surface area contributed by atoms with Crippen molar-refractivity contribution >= 4 is 11.8 Å². The number of aromatic nitrogens is 1. The van der Waals surface area contributed by atoms with Crippen LogP contribution in [0.2, 0.25) is 0 Å². The van der Waals surface area contributed by atoms with Crippen molar-refractivity contribution in [2.75, 3.05) is 26.2 Å². The third-order valence-corrected chi connectivity index (χ3v) is 5.17. The van der Waals surface area contributed by atoms with Gasteiger partial charge >= 0.3 is 0 Å². The number of hydrogen-bond acceptors (Lipinski definition) is 4. The molecule has 1 saturated heterocycles. The van der Waals surface area contributed by atoms with Gasteiger partial charge in [-0.1, -0.05) is 25.1 Å². The van der Waals surface area contributed by atoms with Gasteiger partial charge in [-0.25, -0.2) is 0 Å². The van der Waals surface area contributed by atoms with E-state index in [1.165, 1.54) is 0 Å². The average molecular weight is 351 g/mol. The summed E-state index contributed by atoms with van der Waals surface area (Å²) in [6.07, 6.45) is 2.75. The molecule has 0 saturated carbocycles. The van der Waals surface area contributed by atoms with Crippen molar-refractivity contribution < 1.29 is 14.3 Å². The highest BCUT2D eigenvalue weighted by molar-refractivity contribution is 5.94. The van der Waals surface area contributed by atoms with Crippen LogP contribution in [0.4, 0.5) is 0 Å². The molecule has 4 rings (SSSR count). The first-order chi connectivity index (χ1) is 12.6. The van der Waals surface area contributed by atoms with Gasteiger partial charge in [-0.15, -0.1) is 0 Å². The molecule has 2 aliphatic heterocycles. The van der Waals surface area contributed by atoms with Crippen LogP contribution >= 0.6 is 0 Å². The molecule has 26 heavy (non-hydrogen) atoms. The van der Waals surface area contributed by atoms with Crippen LogP contribution in [0.25, 0.3) is 0 Å². The molecule has 6 nitrogen and oxygen atoms in total. The van der Waals surface area contributed by atoms with Crippen molar-refractivity contribution in [3.63, 3.8) is 0 Å². The van der Waals surface area contributed by atoms with Crippen LogP contribution in [-0.2, 0) is 4.79 Å². The molecule has 6 heteroatoms. The molecule has 2 aliphatic rings. The number of fused-ring (bicyclic) bond motifs is 1. The number of nitrogens with zero attached hydrogens (tertiary/aromatic N) is 3. The smallest absolute Gasteiger partial charge is 0.264 e. The van der Waals surface area contributed by atoms with Crippen LogP contribution < -0.4 is 4.74 Å². The molecule has 2 unspecified atom stereocenters. The number of piperazine rings is 1. The van der Waals surface area contributed by atoms with Gasteiger partial charge in [0.1, 0.15) is 5.75 Å². The molecule has 134 valence electrons. The standard InChI is InChI=1S/C20H21N3O3/c1-14-16-4-2-3-5-17(16)26-18(14)20(25)23-12-10-22(11-13-23)19(24)15-6-8-21-9-7-15/h2-9,14,18H,10-13H2,1H3. The van der Waals surface area contributed by atoms with Gasteiger partial charge in [0.15, 0.2) is 6.10 Å². The molecule has 1 aromatic heterocycles. The lowest BCUT2D eigenvalue weighted by Crippen LogP contribution is -2.53. The number of pyridine rings is 1. The van der Waals surface area contributed by atoms with Gasteiger partial charge in [-0.05, 0) is 18.2 Å². The van der Waals surface area contributed by atoms with E-state index in [2.05, 4.69) is 4.98 Å². The maximum atomic E-state index is 12.9. The maximum Gasteiger partial charge on any atom is 0.264 e. The summed E-state index contributed by atoms with van der Waals surface area (Å²) in [5.41, 5.74) is 1.71. The van der Waals surface area contributed by atoms with Crippen LogP contribution in [0.1, 0.15) is 28.8 Å². The lowest BCUT2D eigenvalue weighted by atomic mass is 9.96. The highest BCUT2D eigenvalue weighted by atomic mass is 16.5. The van der Waals surface area contributed by atoms with Gasteiger partial charge < -0.3 is 14.5 Å². The molecule has 0 bridgehead atoms. The minimum atomic E-state index is -0.477. The summed E-state index contributed by atoms with van der Waals surface area (Å²) in [6, 6.07) is 11.2. The molecule has 2 aromatic rings. The van der Waals surface area contributed by atoms with Crippen molar-refractivity contribution in [1.82, 2.24) is 14.8 Å². The molecule has 1 aromatic carbocycles. The van der Waals surface area contributed by atoms with Crippen LogP contribution in [0.3, 0.4) is 0 Å². The van der Waals surface area contributed by atoms with E-state index < -0.39 is 6.10 Å². The Balaban J connectivity index is 1.38. The summed E-state index contributed by atoms with van der Waals surface area (Å²) < 4.78 is 5.90. The van der Waals surface area contributed by atoms with E-state index in [0.29, 0.717) is 31.7 Å². The fraction of sp³-hybridized carbons (Fsp3) is 0.350. The fourth-order valence-corrected chi connectivity index (χ4v) is 3.62. The minimum Gasteiger partial charge on any atom is -0.480 e. The Kier molecular flexibility index (Phi) is 4.32. The van der Waals surface area contributed by atoms with Crippen LogP contribution in [0.5, 0.6) is 5.75 Å². The molecule has 0 aliphatic carbocycles. The molecule has 2 atom stereocenters. The van der Waals surface area contributed by atoms with Crippen molar-refractivity contribution in [2.24, 2.45) is 0 Å². The largest absolute Gasteiger partial charge is 0.480 e. The molecule has 1 fully saturated rings. The van der Waals surface area contributed by atoms with E-state index in [9.17, 15) is 9.59 Å². The van der Waals surface area contributed by atoms with E-state index >= 15 is 0 Å². The second kappa shape index (κ2) is 6.78. The van der Waals surface area contributed by atoms with Crippen LogP contribution in [-0.4, -0.2) is 58.9 Å². The number of benzene rings is 1. The summed E-state index contributed by atoms with van der Waals surface area (Å²) in [5.74, 6) is 0.821. The second-order valence-electron chi connectivity index (χ2n) is 6.72. The third kappa shape index (κ3) is 2.92. The Bertz CT molecular complexity index is 816. The Labute approximate surface area is 152 Å². The zero-order valence-corrected chi connectivity index (χ0v) is 14.7. The van der Waals surface area contributed by atoms with E-state index in [1.807, 2.05) is 36.1 Å². The predicted octanol–water partition coefficient (Wildman–Crippen LogP) is 1.93. The zero-order valence-electron chi connectivity index (χ0n) is 14.7. The maximum absolute atomic E-state index is 12.9. The molecule has 0 spiro atoms. The number of para-hydroxylation sites is 1. The van der Waals surface area contributed by atoms with Crippen LogP contribution in [0, 0.1) is 0 Å². The van der Waals surface area contributed by atoms with Crippen molar-refractivity contribution in [3.8, 4) is 5.75 Å². The SMILES string of the molecule is CC1c2ccccc2OC1C(=O)N1CCN(C(=O)c2ccncc2)CC1. The molecule has 0 N–H and O–H groups in total. The number of amides is 2. The van der Waals surface area contributed by atoms with Crippen LogP contribution in [0.15, 0.2) is 48.8 Å². The first kappa shape index (κ1) is 16.6. The monoisotopic (exact) mass is 351 g/mol. The summed E-state index contributed by atoms with van der Waals surface area (Å²) >= 11 is 0. The van der Waals surface area contributed by atoms with E-state index in [4.69, 9.17) is 4.74 Å². The van der Waals surface area contributed by atoms with E-state index in [-0.39, 0.29) is 17.7 Å². The van der Waals surface area contributed by atoms with Gasteiger partial charge in [0, 0.05) is 55.6 Å². The lowest BCUT2D eigenvalue weighted by molar-refractivity contribution is -0.140. The Morgan fingerprint density at radius 2 is 1.65 bits per heavy atom. The first-order valence-corrected chi connectivity index (χ1v) is 8.89. The number of rotatable bonds is 2. The topological polar surface area (TPSA) is 62.7 Å². The predicted molar refractivity (Wildman–Crippen MR) is 96.0 cm³/mol. The zero-order chi connectivity index (χ0) is 18.1. The summed E-state index contributed by atoms with van der Waals surface area (Å²) in [7, 11) is 0. The Morgan fingerprint density at radius 1 is 1.00 bits per heavy atom. The molecule has 3 heterocycles. The van der Waals surface area contributed by atoms with Gasteiger partial charge in [-0.2, -0.15) is 0 Å². The third-order valence-electron chi connectivity index (χ3n) is 5.17. The Morgan fingerprint density at radius 3 is 2.35 bits per heavy atom. The summed E-state index contributed by atoms with van der Waals surface area (Å²) in [5, 5.41) is 0. The lowest BCUT2D eigenvalue weighted by Gasteiger charge is -2.36. The minimum absolute atomic E-state index is 0.00436. The fourth-order valence-electron chi connectivity index (χ4n) is 3.62. The first-order valence-electron chi connectivity index (χ1n) is 8.89. The number of carbonyl (C=O) groups excluding carboxylic acids is 2. The number of hydrogen-bond donors (Lipinski definition) is 0. The normalized spacial score (nSPS) is 21.9. The molecule has 0 radical (unpaired) electrons. The number of ether oxygens (including phenoxy) is 1. The van der Waals surface area contributed by atoms with E-state index in [0.717, 1.165) is 11.3 Å². The van der Waals surface area contributed by atoms with Gasteiger partial charge in [-0.3, -0.25) is 14.6 Å². The number of carbonyl (C=O) groups is 2. The summed E-state index contributed by atoms with van der Waals surface area (Å²) in [6.45, 7) is 4.14. The summed E-state index contributed by atoms with van der Waals surface area (Å²) in [4.78, 5) is 33.0. The second-order valence-corrected chi connectivity index (χ2v) is 6.72. The highest BCUT2D eigenvalue weighted by Gasteiger charge is 2.39. The Hall–Kier alpha value is -2.89. The quantitative estimate of drug-likeness (QED) is 0.829. The van der Waals surface area contributed by atoms with Crippen molar-refractivity contribution in [3.05, 3.63) is 59.9 Å². The van der Waals surface area contributed by atoms with Gasteiger partial charge in [0.25, 0.3) is 11.8 Å². The van der Waals surface area contributed by atoms with E-state index in [1.54, 1.807) is 29.4 Å². The average Bonchev–Trinajstić information content (AvgIpc) is 3.04. The van der Waals surface area contributed by atoms with Crippen molar-refractivity contribution in [1.29, 1.82) is 0 Å². The van der Waals surface area contributed by atoms with Gasteiger partial charge in [0.05, 0.1) is 0 Å². The van der Waals surface area contributed by atoms with Gasteiger partial charge in [0.2, 0.25) is 0 Å². The molecule has 2 amide bonds. The molecular weight excluding hydrogens is 330 g/mol. The highest BCUT2D eigenvalue weighted by Crippen LogP contribution is 2.38.